The second kappa shape index (κ2) is 14.7. The minimum atomic E-state index is -2.81. The second-order valence-electron chi connectivity index (χ2n) is 7.73. The van der Waals surface area contributed by atoms with Crippen LogP contribution in [0.15, 0.2) is 36.7 Å². The van der Waals surface area contributed by atoms with Crippen molar-refractivity contribution in [1.29, 1.82) is 0 Å². The molecule has 0 bridgehead atoms. The summed E-state index contributed by atoms with van der Waals surface area (Å²) in [6.45, 7) is -0.925. The van der Waals surface area contributed by atoms with Crippen LogP contribution in [0.2, 0.25) is 0 Å². The standard InChI is InChI=1S/C12H14F2O2.C7H13OP.C4H5N3/c1-8-5-6-10(16-12(13)14)11(7-8)15-9-3-2-4-9;8-6-9-7-4-2-1-3-5-7;5-4-6-2-1-3-7-4/h5-7,9,12H,2-4H2,1H3;6-7,9H,1-5H2;1-3H,(H2,5,6,7). The summed E-state index contributed by atoms with van der Waals surface area (Å²) in [5, 5.41) is 0. The Hall–Kier alpha value is -2.34. The highest BCUT2D eigenvalue weighted by molar-refractivity contribution is 7.55. The van der Waals surface area contributed by atoms with Crippen LogP contribution in [0.25, 0.3) is 0 Å². The molecule has 0 aliphatic heterocycles. The topological polar surface area (TPSA) is 87.3 Å². The average Bonchev–Trinajstić information content (AvgIpc) is 2.75. The molecule has 9 heteroatoms. The molecule has 0 amide bonds. The van der Waals surface area contributed by atoms with E-state index in [1.807, 2.05) is 6.92 Å². The third-order valence-electron chi connectivity index (χ3n) is 5.16. The maximum atomic E-state index is 12.2. The van der Waals surface area contributed by atoms with Crippen LogP contribution in [0.5, 0.6) is 11.5 Å². The number of nitrogens with zero attached hydrogens (tertiary/aromatic N) is 2. The molecule has 1 unspecified atom stereocenters. The van der Waals surface area contributed by atoms with Crippen LogP contribution in [-0.2, 0) is 4.79 Å². The zero-order chi connectivity index (χ0) is 23.2. The minimum Gasteiger partial charge on any atom is -0.487 e. The quantitative estimate of drug-likeness (QED) is 0.428. The van der Waals surface area contributed by atoms with E-state index in [0.717, 1.165) is 36.5 Å². The molecule has 6 nitrogen and oxygen atoms in total. The summed E-state index contributed by atoms with van der Waals surface area (Å²) in [6, 6.07) is 7.79. The monoisotopic (exact) mass is 467 g/mol. The number of nitrogen functional groups attached to an aromatic ring is 1. The van der Waals surface area contributed by atoms with Gasteiger partial charge in [-0.2, -0.15) is 8.78 Å². The summed E-state index contributed by atoms with van der Waals surface area (Å²) in [5.74, 6) is 0.861. The molecule has 1 heterocycles. The van der Waals surface area contributed by atoms with Crippen molar-refractivity contribution in [2.75, 3.05) is 5.73 Å². The molecule has 0 spiro atoms. The van der Waals surface area contributed by atoms with Gasteiger partial charge in [0.15, 0.2) is 11.5 Å². The summed E-state index contributed by atoms with van der Waals surface area (Å²) in [4.78, 5) is 17.4. The molecule has 2 aromatic rings. The number of aryl methyl sites for hydroxylation is 1. The SMILES string of the molecule is Cc1ccc(OC(F)F)c(OC2CCC2)c1.Nc1ncccn1.O=CPC1CCCCC1. The van der Waals surface area contributed by atoms with E-state index in [-0.39, 0.29) is 11.9 Å². The Morgan fingerprint density at radius 2 is 1.75 bits per heavy atom. The highest BCUT2D eigenvalue weighted by Gasteiger charge is 2.21. The number of benzene rings is 1. The number of rotatable bonds is 6. The lowest BCUT2D eigenvalue weighted by Gasteiger charge is -2.27. The molecule has 2 aliphatic carbocycles. The van der Waals surface area contributed by atoms with Crippen LogP contribution < -0.4 is 15.2 Å². The van der Waals surface area contributed by atoms with Crippen LogP contribution in [0.3, 0.4) is 0 Å². The van der Waals surface area contributed by atoms with Crippen molar-refractivity contribution >= 4 is 20.6 Å². The molecule has 0 saturated heterocycles. The van der Waals surface area contributed by atoms with E-state index in [0.29, 0.717) is 20.3 Å². The molecule has 2 N–H and O–H groups in total. The van der Waals surface area contributed by atoms with Crippen molar-refractivity contribution in [3.8, 4) is 11.5 Å². The number of carbonyl (C=O) groups excluding carboxylic acids is 1. The van der Waals surface area contributed by atoms with Gasteiger partial charge < -0.3 is 15.2 Å². The Balaban J connectivity index is 0.000000191. The van der Waals surface area contributed by atoms with E-state index < -0.39 is 6.61 Å². The van der Waals surface area contributed by atoms with E-state index in [1.54, 1.807) is 30.6 Å². The maximum Gasteiger partial charge on any atom is 0.387 e. The number of hydrogen-bond donors (Lipinski definition) is 1. The van der Waals surface area contributed by atoms with Gasteiger partial charge in [-0.15, -0.1) is 0 Å². The van der Waals surface area contributed by atoms with E-state index >= 15 is 0 Å². The van der Waals surface area contributed by atoms with E-state index in [1.165, 1.54) is 38.2 Å². The van der Waals surface area contributed by atoms with Gasteiger partial charge in [-0.25, -0.2) is 9.97 Å². The average molecular weight is 467 g/mol. The van der Waals surface area contributed by atoms with Gasteiger partial charge in [-0.3, -0.25) is 4.79 Å². The van der Waals surface area contributed by atoms with Gasteiger partial charge in [0.2, 0.25) is 5.95 Å². The third-order valence-corrected chi connectivity index (χ3v) is 6.34. The Morgan fingerprint density at radius 3 is 2.25 bits per heavy atom. The summed E-state index contributed by atoms with van der Waals surface area (Å²) in [5.41, 5.74) is 6.86. The molecule has 1 aromatic carbocycles. The molecule has 1 atom stereocenters. The first-order chi connectivity index (χ1) is 15.5. The number of ether oxygens (including phenoxy) is 2. The first-order valence-corrected chi connectivity index (χ1v) is 12.1. The summed E-state index contributed by atoms with van der Waals surface area (Å²) in [6.07, 6.45) is 13.2. The zero-order valence-electron chi connectivity index (χ0n) is 18.4. The Kier molecular flexibility index (Phi) is 11.9. The molecule has 0 radical (unpaired) electrons. The first-order valence-electron chi connectivity index (χ1n) is 10.9. The first kappa shape index (κ1) is 25.9. The molecular formula is C23H32F2N3O3P. The van der Waals surface area contributed by atoms with Crippen LogP contribution >= 0.6 is 8.58 Å². The fraction of sp³-hybridized carbons (Fsp3) is 0.522. The lowest BCUT2D eigenvalue weighted by atomic mass is 9.96. The van der Waals surface area contributed by atoms with Gasteiger partial charge in [0.1, 0.15) is 6.03 Å². The van der Waals surface area contributed by atoms with Crippen molar-refractivity contribution < 1.29 is 23.0 Å². The Labute approximate surface area is 190 Å². The third kappa shape index (κ3) is 10.3. The van der Waals surface area contributed by atoms with Gasteiger partial charge in [0.05, 0.1) is 6.10 Å². The number of carbonyl (C=O) groups is 1. The summed E-state index contributed by atoms with van der Waals surface area (Å²) in [7, 11) is 0.584. The molecule has 2 fully saturated rings. The number of nitrogens with two attached hydrogens (primary N) is 1. The minimum absolute atomic E-state index is 0.118. The Morgan fingerprint density at radius 1 is 1.06 bits per heavy atom. The van der Waals surface area contributed by atoms with E-state index in [9.17, 15) is 13.6 Å². The predicted molar refractivity (Wildman–Crippen MR) is 124 cm³/mol. The molecule has 4 rings (SSSR count). The summed E-state index contributed by atoms with van der Waals surface area (Å²) >= 11 is 0. The lowest BCUT2D eigenvalue weighted by Crippen LogP contribution is -2.25. The maximum absolute atomic E-state index is 12.2. The summed E-state index contributed by atoms with van der Waals surface area (Å²) < 4.78 is 34.3. The molecule has 2 saturated carbocycles. The van der Waals surface area contributed by atoms with Crippen molar-refractivity contribution in [1.82, 2.24) is 9.97 Å². The number of anilines is 1. The van der Waals surface area contributed by atoms with Crippen LogP contribution in [0, 0.1) is 6.92 Å². The number of hydrogen-bond acceptors (Lipinski definition) is 6. The number of halogens is 2. The fourth-order valence-electron chi connectivity index (χ4n) is 3.25. The lowest BCUT2D eigenvalue weighted by molar-refractivity contribution is -0.0527. The molecule has 32 heavy (non-hydrogen) atoms. The van der Waals surface area contributed by atoms with E-state index in [2.05, 4.69) is 14.7 Å². The number of alkyl halides is 2. The normalized spacial score (nSPS) is 16.4. The van der Waals surface area contributed by atoms with Gasteiger partial charge >= 0.3 is 6.61 Å². The highest BCUT2D eigenvalue weighted by Crippen LogP contribution is 2.34. The predicted octanol–water partition coefficient (Wildman–Crippen LogP) is 5.77. The largest absolute Gasteiger partial charge is 0.487 e. The molecule has 1 aromatic heterocycles. The second-order valence-corrected chi connectivity index (χ2v) is 9.11. The molecule has 176 valence electrons. The fourth-order valence-corrected chi connectivity index (χ4v) is 4.18. The zero-order valence-corrected chi connectivity index (χ0v) is 19.4. The van der Waals surface area contributed by atoms with Crippen LogP contribution in [-0.4, -0.2) is 34.4 Å². The smallest absolute Gasteiger partial charge is 0.387 e. The van der Waals surface area contributed by atoms with Crippen molar-refractivity contribution in [3.63, 3.8) is 0 Å². The van der Waals surface area contributed by atoms with Gasteiger partial charge in [-0.1, -0.05) is 33.9 Å². The highest BCUT2D eigenvalue weighted by atomic mass is 31.1. The van der Waals surface area contributed by atoms with Gasteiger partial charge in [0.25, 0.3) is 0 Å². The molecule has 2 aliphatic rings. The van der Waals surface area contributed by atoms with Gasteiger partial charge in [0, 0.05) is 12.4 Å². The molecular weight excluding hydrogens is 435 g/mol. The van der Waals surface area contributed by atoms with Crippen molar-refractivity contribution in [3.05, 3.63) is 42.2 Å². The Bertz CT molecular complexity index is 789. The van der Waals surface area contributed by atoms with Crippen molar-refractivity contribution in [2.24, 2.45) is 0 Å². The van der Waals surface area contributed by atoms with Crippen LogP contribution in [0.1, 0.15) is 56.9 Å². The van der Waals surface area contributed by atoms with Gasteiger partial charge in [-0.05, 0) is 68.4 Å². The van der Waals surface area contributed by atoms with Crippen LogP contribution in [0.4, 0.5) is 14.7 Å². The van der Waals surface area contributed by atoms with E-state index in [4.69, 9.17) is 10.5 Å². The number of aromatic nitrogens is 2. The van der Waals surface area contributed by atoms with Crippen molar-refractivity contribution in [2.45, 2.75) is 76.7 Å².